The van der Waals surface area contributed by atoms with Crippen molar-refractivity contribution in [2.45, 2.75) is 19.8 Å². The van der Waals surface area contributed by atoms with Crippen LogP contribution in [0.2, 0.25) is 0 Å². The number of nitrogens with zero attached hydrogens (tertiary/aromatic N) is 5. The molecular weight excluding hydrogens is 360 g/mol. The van der Waals surface area contributed by atoms with E-state index >= 15 is 0 Å². The van der Waals surface area contributed by atoms with Gasteiger partial charge in [0.1, 0.15) is 5.82 Å². The summed E-state index contributed by atoms with van der Waals surface area (Å²) in [6, 6.07) is 10.1. The third-order valence-electron chi connectivity index (χ3n) is 5.24. The molecule has 6 nitrogen and oxygen atoms in total. The van der Waals surface area contributed by atoms with Gasteiger partial charge >= 0.3 is 0 Å². The van der Waals surface area contributed by atoms with Crippen molar-refractivity contribution in [3.05, 3.63) is 73.1 Å². The topological polar surface area (TPSA) is 57.2 Å². The van der Waals surface area contributed by atoms with Crippen LogP contribution >= 0.6 is 0 Å². The monoisotopic (exact) mass is 386 g/mol. The first-order valence-corrected chi connectivity index (χ1v) is 9.90. The first-order chi connectivity index (χ1) is 14.1. The van der Waals surface area contributed by atoms with E-state index in [1.807, 2.05) is 30.6 Å². The molecular formula is C23H26N6. The number of anilines is 3. The van der Waals surface area contributed by atoms with Crippen LogP contribution in [-0.4, -0.2) is 35.1 Å². The minimum absolute atomic E-state index is 0.794. The molecule has 0 amide bonds. The van der Waals surface area contributed by atoms with Gasteiger partial charge in [-0.1, -0.05) is 6.58 Å². The molecule has 29 heavy (non-hydrogen) atoms. The van der Waals surface area contributed by atoms with E-state index in [2.05, 4.69) is 57.8 Å². The lowest BCUT2D eigenvalue weighted by atomic mass is 10.1. The zero-order valence-corrected chi connectivity index (χ0v) is 17.0. The lowest BCUT2D eigenvalue weighted by Gasteiger charge is -2.34. The van der Waals surface area contributed by atoms with Crippen molar-refractivity contribution >= 4 is 17.2 Å². The normalized spacial score (nSPS) is 14.0. The van der Waals surface area contributed by atoms with Crippen molar-refractivity contribution in [3.8, 4) is 11.3 Å². The van der Waals surface area contributed by atoms with Crippen molar-refractivity contribution in [2.24, 2.45) is 0 Å². The summed E-state index contributed by atoms with van der Waals surface area (Å²) in [5, 5.41) is 3.38. The molecule has 0 radical (unpaired) electrons. The van der Waals surface area contributed by atoms with Crippen molar-refractivity contribution < 1.29 is 0 Å². The van der Waals surface area contributed by atoms with Crippen LogP contribution in [-0.2, 0) is 0 Å². The van der Waals surface area contributed by atoms with Crippen molar-refractivity contribution in [1.29, 1.82) is 0 Å². The second-order valence-corrected chi connectivity index (χ2v) is 7.32. The van der Waals surface area contributed by atoms with Crippen LogP contribution in [0.25, 0.3) is 11.3 Å². The third kappa shape index (κ3) is 4.06. The molecule has 4 rings (SSSR count). The maximum Gasteiger partial charge on any atom is 0.158 e. The first-order valence-electron chi connectivity index (χ1n) is 9.90. The molecule has 0 bridgehead atoms. The maximum absolute atomic E-state index is 5.07. The Hall–Kier alpha value is -3.41. The Morgan fingerprint density at radius 3 is 2.66 bits per heavy atom. The van der Waals surface area contributed by atoms with Crippen LogP contribution in [0.3, 0.4) is 0 Å². The number of rotatable bonds is 4. The lowest BCUT2D eigenvalue weighted by molar-refractivity contribution is 0.688. The summed E-state index contributed by atoms with van der Waals surface area (Å²) in [5.41, 5.74) is 5.14. The summed E-state index contributed by atoms with van der Waals surface area (Å²) < 4.78 is 0. The van der Waals surface area contributed by atoms with Gasteiger partial charge in [0, 0.05) is 44.3 Å². The quantitative estimate of drug-likeness (QED) is 0.714. The summed E-state index contributed by atoms with van der Waals surface area (Å²) in [6.07, 6.45) is 9.44. The van der Waals surface area contributed by atoms with Crippen LogP contribution in [0, 0.1) is 6.92 Å². The van der Waals surface area contributed by atoms with Gasteiger partial charge in [-0.3, -0.25) is 9.97 Å². The smallest absolute Gasteiger partial charge is 0.158 e. The van der Waals surface area contributed by atoms with Crippen molar-refractivity contribution in [1.82, 2.24) is 15.0 Å². The Labute approximate surface area is 171 Å². The molecule has 3 aromatic rings. The van der Waals surface area contributed by atoms with Gasteiger partial charge < -0.3 is 15.1 Å². The van der Waals surface area contributed by atoms with Crippen LogP contribution < -0.4 is 15.1 Å². The van der Waals surface area contributed by atoms with Gasteiger partial charge in [0.15, 0.2) is 5.82 Å². The highest BCUT2D eigenvalue weighted by molar-refractivity contribution is 5.75. The molecule has 0 aliphatic carbocycles. The third-order valence-corrected chi connectivity index (χ3v) is 5.24. The van der Waals surface area contributed by atoms with E-state index in [1.54, 1.807) is 12.4 Å². The van der Waals surface area contributed by atoms with E-state index in [-0.39, 0.29) is 0 Å². The SMILES string of the molecule is C=C(Nc1cccnc1)N1CCCCN(C)c2ccc(-c3cnccc3C)nc21. The van der Waals surface area contributed by atoms with Gasteiger partial charge in [0.25, 0.3) is 0 Å². The second kappa shape index (κ2) is 8.31. The zero-order chi connectivity index (χ0) is 20.2. The summed E-state index contributed by atoms with van der Waals surface area (Å²) in [5.74, 6) is 1.71. The van der Waals surface area contributed by atoms with Crippen molar-refractivity contribution in [2.75, 3.05) is 35.3 Å². The molecule has 0 unspecified atom stereocenters. The molecule has 1 aliphatic rings. The minimum atomic E-state index is 0.794. The molecule has 148 valence electrons. The van der Waals surface area contributed by atoms with E-state index in [0.717, 1.165) is 65.8 Å². The molecule has 0 saturated heterocycles. The van der Waals surface area contributed by atoms with Crippen LogP contribution in [0.4, 0.5) is 17.2 Å². The average Bonchev–Trinajstić information content (AvgIpc) is 2.73. The van der Waals surface area contributed by atoms with Crippen molar-refractivity contribution in [3.63, 3.8) is 0 Å². The average molecular weight is 387 g/mol. The Bertz CT molecular complexity index is 1000. The summed E-state index contributed by atoms with van der Waals surface area (Å²) in [7, 11) is 2.12. The highest BCUT2D eigenvalue weighted by Crippen LogP contribution is 2.34. The number of aryl methyl sites for hydroxylation is 1. The first kappa shape index (κ1) is 18.9. The Kier molecular flexibility index (Phi) is 5.42. The predicted octanol–water partition coefficient (Wildman–Crippen LogP) is 4.47. The number of hydrogen-bond donors (Lipinski definition) is 1. The largest absolute Gasteiger partial charge is 0.372 e. The van der Waals surface area contributed by atoms with E-state index in [4.69, 9.17) is 4.98 Å². The van der Waals surface area contributed by atoms with E-state index in [0.29, 0.717) is 0 Å². The lowest BCUT2D eigenvalue weighted by Crippen LogP contribution is -2.33. The van der Waals surface area contributed by atoms with Crippen LogP contribution in [0.15, 0.2) is 67.5 Å². The fourth-order valence-electron chi connectivity index (χ4n) is 3.60. The zero-order valence-electron chi connectivity index (χ0n) is 17.0. The Balaban J connectivity index is 1.75. The molecule has 3 aromatic heterocycles. The standard InChI is InChI=1S/C23H26N6/c1-17-10-12-25-16-20(17)21-8-9-22-23(27-21)29(14-5-4-13-28(22)3)18(2)26-19-7-6-11-24-15-19/h6-12,15-16,26H,2,4-5,13-14H2,1,3H3. The van der Waals surface area contributed by atoms with Gasteiger partial charge in [0.2, 0.25) is 0 Å². The van der Waals surface area contributed by atoms with Gasteiger partial charge in [-0.2, -0.15) is 0 Å². The fourth-order valence-corrected chi connectivity index (χ4v) is 3.60. The van der Waals surface area contributed by atoms with Gasteiger partial charge in [-0.25, -0.2) is 4.98 Å². The highest BCUT2D eigenvalue weighted by atomic mass is 15.3. The molecule has 0 saturated carbocycles. The maximum atomic E-state index is 5.07. The highest BCUT2D eigenvalue weighted by Gasteiger charge is 2.22. The second-order valence-electron chi connectivity index (χ2n) is 7.32. The summed E-state index contributed by atoms with van der Waals surface area (Å²) in [6.45, 7) is 8.26. The molecule has 0 atom stereocenters. The van der Waals surface area contributed by atoms with E-state index in [9.17, 15) is 0 Å². The number of pyridine rings is 3. The molecule has 1 N–H and O–H groups in total. The predicted molar refractivity (Wildman–Crippen MR) is 119 cm³/mol. The molecule has 0 fully saturated rings. The molecule has 6 heteroatoms. The molecule has 0 spiro atoms. The van der Waals surface area contributed by atoms with E-state index < -0.39 is 0 Å². The number of hydrogen-bond acceptors (Lipinski definition) is 6. The molecule has 1 aliphatic heterocycles. The number of fused-ring (bicyclic) bond motifs is 1. The summed E-state index contributed by atoms with van der Waals surface area (Å²) >= 11 is 0. The van der Waals surface area contributed by atoms with Gasteiger partial charge in [0.05, 0.1) is 23.3 Å². The number of nitrogens with one attached hydrogen (secondary N) is 1. The van der Waals surface area contributed by atoms with Gasteiger partial charge in [-0.15, -0.1) is 0 Å². The fraction of sp³-hybridized carbons (Fsp3) is 0.261. The van der Waals surface area contributed by atoms with E-state index in [1.165, 1.54) is 0 Å². The van der Waals surface area contributed by atoms with Gasteiger partial charge in [-0.05, 0) is 55.7 Å². The van der Waals surface area contributed by atoms with Crippen LogP contribution in [0.1, 0.15) is 18.4 Å². The number of aromatic nitrogens is 3. The summed E-state index contributed by atoms with van der Waals surface area (Å²) in [4.78, 5) is 18.0. The molecule has 0 aromatic carbocycles. The van der Waals surface area contributed by atoms with Crippen LogP contribution in [0.5, 0.6) is 0 Å². The molecule has 4 heterocycles. The Morgan fingerprint density at radius 1 is 1.03 bits per heavy atom. The minimum Gasteiger partial charge on any atom is -0.372 e. The Morgan fingerprint density at radius 2 is 1.86 bits per heavy atom.